The van der Waals surface area contributed by atoms with Crippen molar-refractivity contribution < 1.29 is 9.53 Å². The molecule has 174 valence electrons. The number of carbonyl (C=O) groups excluding carboxylic acids is 1. The number of aromatic nitrogens is 2. The highest BCUT2D eigenvalue weighted by molar-refractivity contribution is 6.30. The van der Waals surface area contributed by atoms with Crippen molar-refractivity contribution in [2.24, 2.45) is 5.92 Å². The Labute approximate surface area is 204 Å². The number of esters is 1. The first-order valence-corrected chi connectivity index (χ1v) is 12.1. The zero-order valence-electron chi connectivity index (χ0n) is 19.4. The van der Waals surface area contributed by atoms with Gasteiger partial charge in [-0.3, -0.25) is 4.98 Å². The molecule has 2 atom stereocenters. The molecule has 34 heavy (non-hydrogen) atoms. The molecule has 1 saturated heterocycles. The molecule has 0 saturated carbocycles. The number of fused-ring (bicyclic) bond motifs is 1. The third kappa shape index (κ3) is 4.22. The monoisotopic (exact) mass is 473 g/mol. The fourth-order valence-corrected chi connectivity index (χ4v) is 5.27. The van der Waals surface area contributed by atoms with Crippen LogP contribution in [0.15, 0.2) is 67.1 Å². The Morgan fingerprint density at radius 3 is 2.74 bits per heavy atom. The predicted octanol–water partition coefficient (Wildman–Crippen LogP) is 6.37. The molecule has 1 N–H and O–H groups in total. The summed E-state index contributed by atoms with van der Waals surface area (Å²) in [6.07, 6.45) is 8.24. The van der Waals surface area contributed by atoms with Gasteiger partial charge in [-0.2, -0.15) is 0 Å². The maximum absolute atomic E-state index is 12.7. The first kappa shape index (κ1) is 22.6. The minimum Gasteiger partial charge on any atom is -0.465 e. The molecule has 2 unspecified atom stereocenters. The molecule has 5 rings (SSSR count). The number of hydrogen-bond donors (Lipinski definition) is 1. The van der Waals surface area contributed by atoms with Gasteiger partial charge in [0.2, 0.25) is 0 Å². The summed E-state index contributed by atoms with van der Waals surface area (Å²) in [6, 6.07) is 16.0. The average Bonchev–Trinajstić information content (AvgIpc) is 3.28. The zero-order chi connectivity index (χ0) is 23.7. The lowest BCUT2D eigenvalue weighted by Crippen LogP contribution is -2.34. The van der Waals surface area contributed by atoms with Crippen molar-refractivity contribution in [3.05, 3.63) is 77.7 Å². The minimum atomic E-state index is -0.337. The van der Waals surface area contributed by atoms with Crippen LogP contribution in [-0.4, -0.2) is 35.7 Å². The highest BCUT2D eigenvalue weighted by atomic mass is 35.5. The standard InChI is InChI=1S/C28H28ClN3O2/c1-18(20-7-5-11-30-14-20)32-17-25(27-24(28(33)34-2)9-4-10-26(27)32)22-12-21(15-31-16-22)19-6-3-8-23(29)13-19/h3-4,6,8-10,12-13,15-18,20,30H,5,7,11,14H2,1-2H3. The molecular weight excluding hydrogens is 446 g/mol. The molecule has 1 fully saturated rings. The second-order valence-electron chi connectivity index (χ2n) is 8.96. The first-order valence-electron chi connectivity index (χ1n) is 11.7. The summed E-state index contributed by atoms with van der Waals surface area (Å²) in [6.45, 7) is 4.35. The van der Waals surface area contributed by atoms with Gasteiger partial charge in [0, 0.05) is 57.2 Å². The van der Waals surface area contributed by atoms with E-state index in [9.17, 15) is 4.79 Å². The van der Waals surface area contributed by atoms with Gasteiger partial charge in [-0.1, -0.05) is 29.8 Å². The van der Waals surface area contributed by atoms with E-state index in [0.29, 0.717) is 16.5 Å². The number of piperidine rings is 1. The number of nitrogens with zero attached hydrogens (tertiary/aromatic N) is 2. The highest BCUT2D eigenvalue weighted by Crippen LogP contribution is 2.38. The van der Waals surface area contributed by atoms with Crippen molar-refractivity contribution in [3.8, 4) is 22.3 Å². The number of benzene rings is 2. The number of methoxy groups -OCH3 is 1. The zero-order valence-corrected chi connectivity index (χ0v) is 20.2. The fraction of sp³-hybridized carbons (Fsp3) is 0.286. The molecule has 2 aromatic carbocycles. The summed E-state index contributed by atoms with van der Waals surface area (Å²) in [4.78, 5) is 17.3. The number of pyridine rings is 1. The highest BCUT2D eigenvalue weighted by Gasteiger charge is 2.25. The third-order valence-corrected chi connectivity index (χ3v) is 7.16. The van der Waals surface area contributed by atoms with Gasteiger partial charge in [0.15, 0.2) is 0 Å². The second kappa shape index (κ2) is 9.61. The molecule has 0 spiro atoms. The van der Waals surface area contributed by atoms with E-state index in [2.05, 4.69) is 40.1 Å². The molecule has 5 nitrogen and oxygen atoms in total. The summed E-state index contributed by atoms with van der Waals surface area (Å²) >= 11 is 6.23. The van der Waals surface area contributed by atoms with Gasteiger partial charge in [0.05, 0.1) is 12.7 Å². The summed E-state index contributed by atoms with van der Waals surface area (Å²) < 4.78 is 7.46. The normalized spacial score (nSPS) is 17.0. The van der Waals surface area contributed by atoms with E-state index < -0.39 is 0 Å². The van der Waals surface area contributed by atoms with Gasteiger partial charge in [0.25, 0.3) is 0 Å². The van der Waals surface area contributed by atoms with Crippen LogP contribution in [0.1, 0.15) is 36.2 Å². The Bertz CT molecular complexity index is 1340. The summed E-state index contributed by atoms with van der Waals surface area (Å²) in [5.41, 5.74) is 5.50. The summed E-state index contributed by atoms with van der Waals surface area (Å²) in [7, 11) is 1.43. The smallest absolute Gasteiger partial charge is 0.338 e. The number of halogens is 1. The van der Waals surface area contributed by atoms with Crippen LogP contribution in [0.3, 0.4) is 0 Å². The summed E-state index contributed by atoms with van der Waals surface area (Å²) in [5, 5.41) is 5.11. The number of ether oxygens (including phenoxy) is 1. The van der Waals surface area contributed by atoms with E-state index in [0.717, 1.165) is 46.2 Å². The molecule has 0 bridgehead atoms. The van der Waals surface area contributed by atoms with Crippen LogP contribution < -0.4 is 5.32 Å². The largest absolute Gasteiger partial charge is 0.465 e. The SMILES string of the molecule is COC(=O)c1cccc2c1c(-c1cncc(-c3cccc(Cl)c3)c1)cn2C(C)C1CCCNC1. The maximum atomic E-state index is 12.7. The van der Waals surface area contributed by atoms with Gasteiger partial charge in [-0.05, 0) is 74.7 Å². The molecule has 2 aromatic heterocycles. The maximum Gasteiger partial charge on any atom is 0.338 e. The van der Waals surface area contributed by atoms with Crippen LogP contribution in [0.4, 0.5) is 0 Å². The average molecular weight is 474 g/mol. The Morgan fingerprint density at radius 2 is 1.97 bits per heavy atom. The van der Waals surface area contributed by atoms with Crippen molar-refractivity contribution in [1.82, 2.24) is 14.9 Å². The van der Waals surface area contributed by atoms with Crippen LogP contribution in [0.5, 0.6) is 0 Å². The number of nitrogens with one attached hydrogen (secondary N) is 1. The molecule has 0 radical (unpaired) electrons. The van der Waals surface area contributed by atoms with Gasteiger partial charge in [-0.15, -0.1) is 0 Å². The summed E-state index contributed by atoms with van der Waals surface area (Å²) in [5.74, 6) is 0.186. The molecule has 6 heteroatoms. The van der Waals surface area contributed by atoms with Crippen LogP contribution in [0.25, 0.3) is 33.2 Å². The predicted molar refractivity (Wildman–Crippen MR) is 137 cm³/mol. The van der Waals surface area contributed by atoms with Crippen molar-refractivity contribution in [2.45, 2.75) is 25.8 Å². The molecule has 1 aliphatic heterocycles. The number of carbonyl (C=O) groups is 1. The van der Waals surface area contributed by atoms with Crippen LogP contribution in [-0.2, 0) is 4.74 Å². The first-order chi connectivity index (χ1) is 16.6. The fourth-order valence-electron chi connectivity index (χ4n) is 5.08. The van der Waals surface area contributed by atoms with Gasteiger partial charge < -0.3 is 14.6 Å². The second-order valence-corrected chi connectivity index (χ2v) is 9.40. The Kier molecular flexibility index (Phi) is 6.40. The molecule has 3 heterocycles. The number of rotatable bonds is 5. The van der Waals surface area contributed by atoms with E-state index in [1.54, 1.807) is 0 Å². The Balaban J connectivity index is 1.69. The van der Waals surface area contributed by atoms with E-state index in [-0.39, 0.29) is 12.0 Å². The Morgan fingerprint density at radius 1 is 1.15 bits per heavy atom. The van der Waals surface area contributed by atoms with E-state index >= 15 is 0 Å². The van der Waals surface area contributed by atoms with Crippen molar-refractivity contribution in [3.63, 3.8) is 0 Å². The quantitative estimate of drug-likeness (QED) is 0.342. The van der Waals surface area contributed by atoms with E-state index in [4.69, 9.17) is 16.3 Å². The molecular formula is C28H28ClN3O2. The van der Waals surface area contributed by atoms with Crippen LogP contribution in [0.2, 0.25) is 5.02 Å². The van der Waals surface area contributed by atoms with Gasteiger partial charge in [-0.25, -0.2) is 4.79 Å². The molecule has 0 aliphatic carbocycles. The topological polar surface area (TPSA) is 56.1 Å². The van der Waals surface area contributed by atoms with Crippen molar-refractivity contribution in [2.75, 3.05) is 20.2 Å². The van der Waals surface area contributed by atoms with Crippen LogP contribution >= 0.6 is 11.6 Å². The lowest BCUT2D eigenvalue weighted by molar-refractivity contribution is 0.0603. The van der Waals surface area contributed by atoms with E-state index in [1.807, 2.05) is 48.8 Å². The van der Waals surface area contributed by atoms with E-state index in [1.165, 1.54) is 20.0 Å². The van der Waals surface area contributed by atoms with Crippen molar-refractivity contribution in [1.29, 1.82) is 0 Å². The van der Waals surface area contributed by atoms with Crippen molar-refractivity contribution >= 4 is 28.5 Å². The lowest BCUT2D eigenvalue weighted by atomic mass is 9.92. The number of hydrogen-bond acceptors (Lipinski definition) is 4. The third-order valence-electron chi connectivity index (χ3n) is 6.93. The van der Waals surface area contributed by atoms with Gasteiger partial charge >= 0.3 is 5.97 Å². The van der Waals surface area contributed by atoms with Crippen LogP contribution in [0, 0.1) is 5.92 Å². The lowest BCUT2D eigenvalue weighted by Gasteiger charge is -2.30. The van der Waals surface area contributed by atoms with Gasteiger partial charge in [0.1, 0.15) is 0 Å². The molecule has 4 aromatic rings. The molecule has 1 aliphatic rings. The minimum absolute atomic E-state index is 0.279. The Hall–Kier alpha value is -3.15. The molecule has 0 amide bonds.